The van der Waals surface area contributed by atoms with E-state index in [4.69, 9.17) is 39.8 Å². The fourth-order valence-corrected chi connectivity index (χ4v) is 12.2. The van der Waals surface area contributed by atoms with Crippen LogP contribution in [0.3, 0.4) is 0 Å². The lowest BCUT2D eigenvalue weighted by molar-refractivity contribution is -0.0558. The van der Waals surface area contributed by atoms with E-state index in [0.29, 0.717) is 120 Å². The molecule has 3 aliphatic rings. The van der Waals surface area contributed by atoms with Gasteiger partial charge < -0.3 is 55.5 Å². The molecule has 0 aliphatic carbocycles. The Morgan fingerprint density at radius 1 is 0.571 bits per heavy atom. The number of hydrogen-bond acceptors (Lipinski definition) is 19. The molecule has 23 nitrogen and oxygen atoms in total. The summed E-state index contributed by atoms with van der Waals surface area (Å²) in [4.78, 5) is 72.8. The van der Waals surface area contributed by atoms with Gasteiger partial charge in [0.1, 0.15) is 65.9 Å². The molecule has 3 atom stereocenters. The first kappa shape index (κ1) is 82.4. The average Bonchev–Trinajstić information content (AvgIpc) is 1.81. The van der Waals surface area contributed by atoms with Crippen LogP contribution in [0.5, 0.6) is 0 Å². The molecule has 9 heterocycles. The lowest BCUT2D eigenvalue weighted by Gasteiger charge is -2.32. The van der Waals surface area contributed by atoms with Crippen molar-refractivity contribution in [3.8, 4) is 0 Å². The van der Waals surface area contributed by atoms with Gasteiger partial charge in [0.05, 0.1) is 62.7 Å². The molecular weight excluding hydrogens is 1510 g/mol. The number of aliphatic hydroxyl groups excluding tert-OH is 3. The number of benzene rings is 3. The Morgan fingerprint density at radius 3 is 1.39 bits per heavy atom. The second-order valence-corrected chi connectivity index (χ2v) is 28.2. The predicted octanol–water partition coefficient (Wildman–Crippen LogP) is 11.8. The maximum Gasteiger partial charge on any atom is 0.490 e. The molecule has 1 fully saturated rings. The minimum absolute atomic E-state index is 0.147. The molecule has 0 bridgehead atoms. The van der Waals surface area contributed by atoms with Gasteiger partial charge in [-0.2, -0.15) is 26.3 Å². The highest BCUT2D eigenvalue weighted by molar-refractivity contribution is 9.10. The third-order valence-corrected chi connectivity index (χ3v) is 19.2. The van der Waals surface area contributed by atoms with Gasteiger partial charge in [-0.25, -0.2) is 24.9 Å². The number of aromatic nitrogens is 9. The molecule has 12 rings (SSSR count). The highest BCUT2D eigenvalue weighted by Crippen LogP contribution is 2.40. The molecule has 3 aromatic carbocycles. The largest absolute Gasteiger partial charge is 0.490 e. The molecule has 32 heteroatoms. The molecule has 3 aliphatic heterocycles. The van der Waals surface area contributed by atoms with Crippen LogP contribution in [-0.2, 0) is 57.7 Å². The van der Waals surface area contributed by atoms with E-state index in [9.17, 15) is 45.5 Å². The minimum Gasteiger partial charge on any atom is -0.400 e. The van der Waals surface area contributed by atoms with Crippen LogP contribution in [0.25, 0.3) is 38.7 Å². The maximum absolute atomic E-state index is 14.0. The minimum atomic E-state index is -3.32. The predicted molar refractivity (Wildman–Crippen MR) is 399 cm³/mol. The number of aryl methyl sites for hydroxylation is 6. The standard InChI is InChI=1S/C24H26F2N4O3.C19H19BrF2N4O2.C11H19BO3.C10H13F2NO.C9H8BrN3O2/c1-14(17-5-4-6-18(11-17)24(25,26)13-31)27-21-20-12-19(16-7-9-33-10-8-16)23(32)30(3)22(20)29-15(2)28-21;1-10(12-5-4-6-13(7-12)19(21,22)9-27)23-16-14-8-15(20)18(28)26(3)17(14)25-11(2)24-16;1-10(2)11(3,4)15-12(14-10)9-5-7-13-8-6-9;1-7(13)8-3-2-4-9(5-8)10(11,12)6-14;1-4-11-7-5(8(14)12-4)3-6(10)9(15)13(7)2/h4-7,11-12,14,31H,8-10,13H2,1-3H3,(H,27,28,29);4-8,10,27H,9H2,1-3H3,(H,23,24,25);5H,6-8H2,1-4H3;2-5,7,14H,6,13H2,1H3;3H,1-2H3,(H,11,12,14)/t14-;10-;;7-;/m11.1./s1. The number of alkyl halides is 6. The summed E-state index contributed by atoms with van der Waals surface area (Å²) in [5.41, 5.74) is 9.47. The van der Waals surface area contributed by atoms with Gasteiger partial charge in [0, 0.05) is 61.5 Å². The molecule has 105 heavy (non-hydrogen) atoms. The van der Waals surface area contributed by atoms with Crippen LogP contribution in [0.2, 0.25) is 0 Å². The van der Waals surface area contributed by atoms with Crippen LogP contribution in [0, 0.1) is 20.8 Å². The quantitative estimate of drug-likeness (QED) is 0.0370. The third kappa shape index (κ3) is 19.5. The van der Waals surface area contributed by atoms with Crippen LogP contribution in [-0.4, -0.2) is 123 Å². The Balaban J connectivity index is 0.000000174. The number of halogens is 8. The lowest BCUT2D eigenvalue weighted by Crippen LogP contribution is -2.41. The van der Waals surface area contributed by atoms with E-state index < -0.39 is 37.6 Å². The van der Waals surface area contributed by atoms with E-state index >= 15 is 0 Å². The molecule has 0 unspecified atom stereocenters. The van der Waals surface area contributed by atoms with Crippen molar-refractivity contribution in [3.63, 3.8) is 0 Å². The highest BCUT2D eigenvalue weighted by Gasteiger charge is 2.52. The van der Waals surface area contributed by atoms with Crippen LogP contribution in [0.1, 0.15) is 136 Å². The molecule has 0 saturated carbocycles. The Labute approximate surface area is 618 Å². The summed E-state index contributed by atoms with van der Waals surface area (Å²) in [6, 6.07) is 21.5. The summed E-state index contributed by atoms with van der Waals surface area (Å²) >= 11 is 6.35. The van der Waals surface area contributed by atoms with Crippen LogP contribution in [0.4, 0.5) is 38.0 Å². The Hall–Kier alpha value is -8.31. The fraction of sp³-hybridized carbons (Fsp3) is 0.411. The summed E-state index contributed by atoms with van der Waals surface area (Å²) < 4.78 is 109. The van der Waals surface area contributed by atoms with E-state index in [1.165, 1.54) is 79.8 Å². The number of nitrogens with zero attached hydrogens (tertiary/aromatic N) is 8. The van der Waals surface area contributed by atoms with Gasteiger partial charge >= 0.3 is 7.12 Å². The first-order valence-electron chi connectivity index (χ1n) is 33.4. The van der Waals surface area contributed by atoms with Gasteiger partial charge in [0.25, 0.3) is 40.0 Å². The van der Waals surface area contributed by atoms with Crippen molar-refractivity contribution in [1.29, 1.82) is 0 Å². The number of fused-ring (bicyclic) bond motifs is 3. The van der Waals surface area contributed by atoms with Crippen molar-refractivity contribution in [2.24, 2.45) is 26.9 Å². The fourth-order valence-electron chi connectivity index (χ4n) is 11.2. The van der Waals surface area contributed by atoms with Gasteiger partial charge in [0.15, 0.2) is 0 Å². The van der Waals surface area contributed by atoms with Crippen molar-refractivity contribution in [1.82, 2.24) is 43.6 Å². The molecule has 9 aromatic rings. The molecule has 562 valence electrons. The van der Waals surface area contributed by atoms with Crippen LogP contribution in [0.15, 0.2) is 137 Å². The first-order valence-corrected chi connectivity index (χ1v) is 35.0. The molecule has 1 saturated heterocycles. The van der Waals surface area contributed by atoms with Gasteiger partial charge in [-0.05, 0) is 178 Å². The Morgan fingerprint density at radius 2 is 0.971 bits per heavy atom. The number of ether oxygens (including phenoxy) is 2. The number of aliphatic hydroxyl groups is 3. The summed E-state index contributed by atoms with van der Waals surface area (Å²) in [6.07, 6.45) is 5.53. The van der Waals surface area contributed by atoms with Gasteiger partial charge in [0.2, 0.25) is 0 Å². The van der Waals surface area contributed by atoms with Crippen LogP contribution < -0.4 is 38.6 Å². The van der Waals surface area contributed by atoms with Gasteiger partial charge in [-0.1, -0.05) is 66.7 Å². The summed E-state index contributed by atoms with van der Waals surface area (Å²) in [5.74, 6) is -7.38. The number of rotatable bonds is 15. The zero-order chi connectivity index (χ0) is 77.4. The summed E-state index contributed by atoms with van der Waals surface area (Å²) in [5, 5.41) is 34.6. The van der Waals surface area contributed by atoms with E-state index in [2.05, 4.69) is 106 Å². The summed E-state index contributed by atoms with van der Waals surface area (Å²) in [7, 11) is 4.70. The number of hydrogen-bond donors (Lipinski definition) is 7. The smallest absolute Gasteiger partial charge is 0.400 e. The van der Waals surface area contributed by atoms with Crippen molar-refractivity contribution in [3.05, 3.63) is 215 Å². The number of nitrogens with one attached hydrogen (secondary N) is 3. The third-order valence-electron chi connectivity index (χ3n) is 18.1. The first-order chi connectivity index (χ1) is 49.2. The number of H-pyrrole nitrogens is 1. The van der Waals surface area contributed by atoms with Crippen molar-refractivity contribution >= 4 is 89.3 Å². The van der Waals surface area contributed by atoms with Gasteiger partial charge in [-0.15, -0.1) is 0 Å². The Bertz CT molecular complexity index is 4960. The van der Waals surface area contributed by atoms with Crippen molar-refractivity contribution < 1.29 is 60.4 Å². The number of aromatic amines is 1. The number of nitrogens with two attached hydrogens (primary N) is 1. The van der Waals surface area contributed by atoms with Crippen molar-refractivity contribution in [2.75, 3.05) is 56.9 Å². The van der Waals surface area contributed by atoms with E-state index in [1.54, 1.807) is 79.2 Å². The lowest BCUT2D eigenvalue weighted by atomic mass is 9.75. The molecule has 6 aromatic heterocycles. The van der Waals surface area contributed by atoms with Crippen LogP contribution >= 0.6 is 31.9 Å². The summed E-state index contributed by atoms with van der Waals surface area (Å²) in [6.45, 7) is 17.6. The molecular formula is C73H85BBr2F6N12O11. The second-order valence-electron chi connectivity index (χ2n) is 26.5. The Kier molecular flexibility index (Phi) is 26.7. The second kappa shape index (κ2) is 34.1. The SMILES string of the molecule is CC1(C)OB(C2=CCOCC2)OC1(C)C.C[C@@H](N)c1cccc(C(F)(F)CO)c1.Cc1nc(N[C@H](C)c2cccc(C(F)(F)CO)c2)c2cc(Br)c(=O)n(C)c2n1.Cc1nc(N[C@H](C)c2cccc(C(F)(F)CO)c2)c2cc(C3=CCOCC3)c(=O)n(C)c2n1.Cc1nc2c(cc(Br)c(=O)n2C)c(=O)[nH]1. The zero-order valence-corrected chi connectivity index (χ0v) is 63.4. The highest BCUT2D eigenvalue weighted by atomic mass is 79.9. The normalized spacial score (nSPS) is 15.9. The van der Waals surface area contributed by atoms with Crippen molar-refractivity contribution in [2.45, 2.75) is 129 Å². The number of pyridine rings is 3. The van der Waals surface area contributed by atoms with Gasteiger partial charge in [-0.3, -0.25) is 32.9 Å². The van der Waals surface area contributed by atoms with E-state index in [-0.39, 0.29) is 75.4 Å². The molecule has 8 N–H and O–H groups in total. The molecule has 0 radical (unpaired) electrons. The van der Waals surface area contributed by atoms with E-state index in [1.807, 2.05) is 19.9 Å². The zero-order valence-electron chi connectivity index (χ0n) is 60.3. The average molecular weight is 1590 g/mol. The maximum atomic E-state index is 14.0. The molecule has 0 spiro atoms. The monoisotopic (exact) mass is 1590 g/mol. The topological polar surface area (TPSA) is 311 Å². The van der Waals surface area contributed by atoms with E-state index in [0.717, 1.165) is 18.6 Å². The molecule has 0 amide bonds. The number of anilines is 2.